The lowest BCUT2D eigenvalue weighted by Crippen LogP contribution is -1.94. The Balaban J connectivity index is 3.08. The molecule has 0 atom stereocenters. The van der Waals surface area contributed by atoms with Crippen molar-refractivity contribution < 1.29 is 18.3 Å². The standard InChI is InChI=1S/C9H7F2NO2/c1-14-9-3-7(10)6(2-8(9)11)4-12-5-13/h2-3H,4H2,1H3. The number of hydrogen-bond donors (Lipinski definition) is 0. The van der Waals surface area contributed by atoms with Crippen LogP contribution in [-0.4, -0.2) is 13.2 Å². The number of rotatable bonds is 3. The molecule has 0 aliphatic heterocycles. The fourth-order valence-electron chi connectivity index (χ4n) is 0.965. The molecule has 1 aromatic rings. The number of aliphatic imine (C=N–C) groups is 1. The van der Waals surface area contributed by atoms with Gasteiger partial charge in [0.15, 0.2) is 11.6 Å². The van der Waals surface area contributed by atoms with Crippen molar-refractivity contribution in [2.75, 3.05) is 7.11 Å². The molecular weight excluding hydrogens is 192 g/mol. The highest BCUT2D eigenvalue weighted by Gasteiger charge is 2.09. The summed E-state index contributed by atoms with van der Waals surface area (Å²) in [6.07, 6.45) is 1.25. The maximum absolute atomic E-state index is 13.1. The smallest absolute Gasteiger partial charge is 0.235 e. The van der Waals surface area contributed by atoms with Crippen molar-refractivity contribution in [2.24, 2.45) is 4.99 Å². The second-order valence-corrected chi connectivity index (χ2v) is 2.49. The van der Waals surface area contributed by atoms with Crippen LogP contribution in [0.4, 0.5) is 8.78 Å². The maximum Gasteiger partial charge on any atom is 0.235 e. The molecule has 5 heteroatoms. The van der Waals surface area contributed by atoms with Crippen LogP contribution in [-0.2, 0) is 11.3 Å². The third-order valence-electron chi connectivity index (χ3n) is 1.63. The Bertz CT molecular complexity index is 387. The molecule has 3 nitrogen and oxygen atoms in total. The van der Waals surface area contributed by atoms with Crippen LogP contribution in [0.25, 0.3) is 0 Å². The molecule has 0 spiro atoms. The predicted octanol–water partition coefficient (Wildman–Crippen LogP) is 1.81. The third-order valence-corrected chi connectivity index (χ3v) is 1.63. The molecule has 0 radical (unpaired) electrons. The van der Waals surface area contributed by atoms with E-state index in [1.54, 1.807) is 0 Å². The molecule has 0 bridgehead atoms. The lowest BCUT2D eigenvalue weighted by atomic mass is 10.2. The van der Waals surface area contributed by atoms with E-state index in [1.807, 2.05) is 0 Å². The summed E-state index contributed by atoms with van der Waals surface area (Å²) in [7, 11) is 1.24. The second kappa shape index (κ2) is 4.48. The van der Waals surface area contributed by atoms with Gasteiger partial charge in [0, 0.05) is 11.6 Å². The quantitative estimate of drug-likeness (QED) is 0.550. The summed E-state index contributed by atoms with van der Waals surface area (Å²) < 4.78 is 30.7. The van der Waals surface area contributed by atoms with Crippen molar-refractivity contribution >= 4 is 6.08 Å². The van der Waals surface area contributed by atoms with E-state index in [-0.39, 0.29) is 17.9 Å². The first-order chi connectivity index (χ1) is 6.69. The Hall–Kier alpha value is -1.74. The molecule has 0 N–H and O–H groups in total. The topological polar surface area (TPSA) is 38.7 Å². The minimum absolute atomic E-state index is 0.00773. The average Bonchev–Trinajstić information content (AvgIpc) is 2.18. The molecular formula is C9H7F2NO2. The SMILES string of the molecule is COc1cc(F)c(CN=C=O)cc1F. The van der Waals surface area contributed by atoms with Gasteiger partial charge in [-0.2, -0.15) is 0 Å². The van der Waals surface area contributed by atoms with Crippen LogP contribution in [0.15, 0.2) is 17.1 Å². The van der Waals surface area contributed by atoms with Gasteiger partial charge in [-0.25, -0.2) is 18.6 Å². The van der Waals surface area contributed by atoms with Gasteiger partial charge in [0.05, 0.1) is 13.7 Å². The minimum atomic E-state index is -0.690. The number of halogens is 2. The monoisotopic (exact) mass is 199 g/mol. The first-order valence-electron chi connectivity index (χ1n) is 3.74. The fourth-order valence-corrected chi connectivity index (χ4v) is 0.965. The highest BCUT2D eigenvalue weighted by molar-refractivity contribution is 5.35. The van der Waals surface area contributed by atoms with Crippen molar-refractivity contribution in [1.29, 1.82) is 0 Å². The van der Waals surface area contributed by atoms with E-state index in [0.717, 1.165) is 12.1 Å². The van der Waals surface area contributed by atoms with Crippen LogP contribution < -0.4 is 4.74 Å². The van der Waals surface area contributed by atoms with E-state index >= 15 is 0 Å². The van der Waals surface area contributed by atoms with Crippen molar-refractivity contribution in [3.05, 3.63) is 29.3 Å². The molecule has 1 rings (SSSR count). The van der Waals surface area contributed by atoms with E-state index in [4.69, 9.17) is 0 Å². The first-order valence-corrected chi connectivity index (χ1v) is 3.74. The van der Waals surface area contributed by atoms with E-state index in [2.05, 4.69) is 9.73 Å². The lowest BCUT2D eigenvalue weighted by molar-refractivity contribution is 0.382. The van der Waals surface area contributed by atoms with Crippen LogP contribution in [0.1, 0.15) is 5.56 Å². The molecule has 0 saturated heterocycles. The average molecular weight is 199 g/mol. The molecule has 0 heterocycles. The number of carbonyl (C=O) groups excluding carboxylic acids is 1. The number of benzene rings is 1. The van der Waals surface area contributed by atoms with Gasteiger partial charge in [-0.1, -0.05) is 0 Å². The molecule has 14 heavy (non-hydrogen) atoms. The summed E-state index contributed by atoms with van der Waals surface area (Å²) in [6.45, 7) is -0.226. The van der Waals surface area contributed by atoms with Crippen molar-refractivity contribution in [3.63, 3.8) is 0 Å². The zero-order valence-electron chi connectivity index (χ0n) is 7.38. The summed E-state index contributed by atoms with van der Waals surface area (Å²) in [6, 6.07) is 1.85. The Morgan fingerprint density at radius 2 is 2.14 bits per heavy atom. The van der Waals surface area contributed by atoms with Crippen molar-refractivity contribution in [3.8, 4) is 5.75 Å². The summed E-state index contributed by atoms with van der Waals surface area (Å²) in [5, 5.41) is 0. The zero-order valence-corrected chi connectivity index (χ0v) is 7.38. The Labute approximate surface area is 79.0 Å². The summed E-state index contributed by atoms with van der Waals surface area (Å²) in [4.78, 5) is 12.9. The summed E-state index contributed by atoms with van der Waals surface area (Å²) >= 11 is 0. The van der Waals surface area contributed by atoms with Crippen LogP contribution >= 0.6 is 0 Å². The van der Waals surface area contributed by atoms with Gasteiger partial charge in [-0.3, -0.25) is 0 Å². The second-order valence-electron chi connectivity index (χ2n) is 2.49. The summed E-state index contributed by atoms with van der Waals surface area (Å²) in [5.74, 6) is -1.53. The molecule has 0 aliphatic rings. The van der Waals surface area contributed by atoms with E-state index in [9.17, 15) is 13.6 Å². The molecule has 0 aliphatic carbocycles. The van der Waals surface area contributed by atoms with Crippen LogP contribution in [0.3, 0.4) is 0 Å². The number of methoxy groups -OCH3 is 1. The number of isocyanates is 1. The first kappa shape index (κ1) is 10.3. The maximum atomic E-state index is 13.1. The van der Waals surface area contributed by atoms with Crippen LogP contribution in [0.2, 0.25) is 0 Å². The molecule has 0 amide bonds. The van der Waals surface area contributed by atoms with Crippen LogP contribution in [0, 0.1) is 11.6 Å². The van der Waals surface area contributed by atoms with Gasteiger partial charge in [-0.15, -0.1) is 0 Å². The zero-order chi connectivity index (χ0) is 10.6. The Kier molecular flexibility index (Phi) is 3.31. The largest absolute Gasteiger partial charge is 0.494 e. The summed E-state index contributed by atoms with van der Waals surface area (Å²) in [5.41, 5.74) is -0.00773. The van der Waals surface area contributed by atoms with Crippen molar-refractivity contribution in [1.82, 2.24) is 0 Å². The van der Waals surface area contributed by atoms with E-state index in [1.165, 1.54) is 13.2 Å². The lowest BCUT2D eigenvalue weighted by Gasteiger charge is -2.04. The number of ether oxygens (including phenoxy) is 1. The molecule has 74 valence electrons. The van der Waals surface area contributed by atoms with Gasteiger partial charge < -0.3 is 4.74 Å². The Morgan fingerprint density at radius 3 is 2.71 bits per heavy atom. The molecule has 1 aromatic carbocycles. The van der Waals surface area contributed by atoms with Gasteiger partial charge in [-0.05, 0) is 6.07 Å². The number of hydrogen-bond acceptors (Lipinski definition) is 3. The third kappa shape index (κ3) is 2.14. The van der Waals surface area contributed by atoms with Crippen molar-refractivity contribution in [2.45, 2.75) is 6.54 Å². The van der Waals surface area contributed by atoms with E-state index in [0.29, 0.717) is 0 Å². The molecule has 0 fully saturated rings. The Morgan fingerprint density at radius 1 is 1.43 bits per heavy atom. The highest BCUT2D eigenvalue weighted by atomic mass is 19.1. The normalized spacial score (nSPS) is 9.36. The molecule has 0 unspecified atom stereocenters. The minimum Gasteiger partial charge on any atom is -0.494 e. The van der Waals surface area contributed by atoms with Gasteiger partial charge in [0.1, 0.15) is 5.82 Å². The van der Waals surface area contributed by atoms with Gasteiger partial charge in [0.25, 0.3) is 0 Å². The number of nitrogens with zero attached hydrogens (tertiary/aromatic N) is 1. The molecule has 0 saturated carbocycles. The molecule has 0 aromatic heterocycles. The van der Waals surface area contributed by atoms with Gasteiger partial charge in [0.2, 0.25) is 6.08 Å². The highest BCUT2D eigenvalue weighted by Crippen LogP contribution is 2.21. The van der Waals surface area contributed by atoms with Crippen LogP contribution in [0.5, 0.6) is 5.75 Å². The van der Waals surface area contributed by atoms with Gasteiger partial charge >= 0.3 is 0 Å². The predicted molar refractivity (Wildman–Crippen MR) is 44.7 cm³/mol. The van der Waals surface area contributed by atoms with E-state index < -0.39 is 11.6 Å². The fraction of sp³-hybridized carbons (Fsp3) is 0.222.